The fourth-order valence-electron chi connectivity index (χ4n) is 2.64. The molecule has 148 valence electrons. The Morgan fingerprint density at radius 3 is 2.57 bits per heavy atom. The van der Waals surface area contributed by atoms with Crippen molar-refractivity contribution < 1.29 is 19.1 Å². The minimum absolute atomic E-state index is 0.154. The monoisotopic (exact) mass is 384 g/mol. The highest BCUT2D eigenvalue weighted by molar-refractivity contribution is 6.22. The number of urea groups is 1. The molecule has 3 rings (SSSR count). The van der Waals surface area contributed by atoms with Gasteiger partial charge in [0.15, 0.2) is 5.82 Å². The van der Waals surface area contributed by atoms with Gasteiger partial charge >= 0.3 is 6.03 Å². The number of nitrogens with one attached hydrogen (secondary N) is 1. The summed E-state index contributed by atoms with van der Waals surface area (Å²) in [6.45, 7) is 9.99. The zero-order valence-corrected chi connectivity index (χ0v) is 16.6. The maximum absolute atomic E-state index is 12.4. The first kappa shape index (κ1) is 19.6. The summed E-state index contributed by atoms with van der Waals surface area (Å²) in [7, 11) is 0. The fourth-order valence-corrected chi connectivity index (χ4v) is 2.64. The summed E-state index contributed by atoms with van der Waals surface area (Å²) < 4.78 is 11.6. The molecule has 0 radical (unpaired) electrons. The average Bonchev–Trinajstić information content (AvgIpc) is 2.82. The zero-order valence-electron chi connectivity index (χ0n) is 16.6. The molecule has 0 saturated carbocycles. The molecule has 1 saturated heterocycles. The molecule has 0 atom stereocenters. The van der Waals surface area contributed by atoms with Crippen molar-refractivity contribution in [1.82, 2.24) is 15.3 Å². The largest absolute Gasteiger partial charge is 0.493 e. The third-order valence-corrected chi connectivity index (χ3v) is 4.17. The van der Waals surface area contributed by atoms with Crippen LogP contribution in [-0.2, 0) is 4.79 Å². The molecule has 1 aliphatic rings. The average molecular weight is 384 g/mol. The number of aryl methyl sites for hydroxylation is 1. The van der Waals surface area contributed by atoms with Gasteiger partial charge in [-0.1, -0.05) is 19.9 Å². The van der Waals surface area contributed by atoms with E-state index in [1.807, 2.05) is 13.0 Å². The smallest absolute Gasteiger partial charge is 0.330 e. The highest BCUT2D eigenvalue weighted by Gasteiger charge is 2.45. The Hall–Kier alpha value is -3.16. The van der Waals surface area contributed by atoms with Gasteiger partial charge in [0.2, 0.25) is 5.88 Å². The van der Waals surface area contributed by atoms with Gasteiger partial charge in [-0.25, -0.2) is 19.7 Å². The Balaban J connectivity index is 1.81. The number of benzene rings is 1. The summed E-state index contributed by atoms with van der Waals surface area (Å²) in [5, 5.41) is 2.62. The number of ether oxygens (including phenoxy) is 2. The van der Waals surface area contributed by atoms with E-state index in [4.69, 9.17) is 9.47 Å². The lowest BCUT2D eigenvalue weighted by atomic mass is 10.1. The van der Waals surface area contributed by atoms with Gasteiger partial charge in [-0.3, -0.25) is 4.79 Å². The predicted octanol–water partition coefficient (Wildman–Crippen LogP) is 3.45. The SMILES string of the molecule is Cc1ccc(Oc2cc(N3C(=O)NC(C)(C)C3=O)ncn2)cc1OCC(C)C. The van der Waals surface area contributed by atoms with Crippen molar-refractivity contribution in [3.05, 3.63) is 36.2 Å². The van der Waals surface area contributed by atoms with E-state index in [9.17, 15) is 9.59 Å². The standard InChI is InChI=1S/C20H24N4O4/c1-12(2)10-27-15-8-14(7-6-13(15)3)28-17-9-16(21-11-22-17)24-18(25)20(4,5)23-19(24)26/h6-9,11-12H,10H2,1-5H3,(H,23,26). The number of amides is 3. The Morgan fingerprint density at radius 1 is 1.18 bits per heavy atom. The Morgan fingerprint density at radius 2 is 1.93 bits per heavy atom. The molecule has 1 aromatic carbocycles. The lowest BCUT2D eigenvalue weighted by Crippen LogP contribution is -2.40. The molecule has 3 amide bonds. The molecule has 8 nitrogen and oxygen atoms in total. The van der Waals surface area contributed by atoms with Crippen LogP contribution < -0.4 is 19.7 Å². The Bertz CT molecular complexity index is 911. The lowest BCUT2D eigenvalue weighted by molar-refractivity contribution is -0.121. The van der Waals surface area contributed by atoms with E-state index in [0.717, 1.165) is 16.2 Å². The van der Waals surface area contributed by atoms with Crippen LogP contribution in [0.3, 0.4) is 0 Å². The molecule has 0 unspecified atom stereocenters. The van der Waals surface area contributed by atoms with E-state index in [-0.39, 0.29) is 17.6 Å². The van der Waals surface area contributed by atoms with Crippen LogP contribution in [0.4, 0.5) is 10.6 Å². The third-order valence-electron chi connectivity index (χ3n) is 4.17. The second-order valence-corrected chi connectivity index (χ2v) is 7.64. The first-order valence-corrected chi connectivity index (χ1v) is 9.07. The number of rotatable bonds is 6. The maximum Gasteiger partial charge on any atom is 0.330 e. The van der Waals surface area contributed by atoms with Crippen LogP contribution in [0.2, 0.25) is 0 Å². The lowest BCUT2D eigenvalue weighted by Gasteiger charge is -2.16. The third kappa shape index (κ3) is 4.05. The fraction of sp³-hybridized carbons (Fsp3) is 0.400. The summed E-state index contributed by atoms with van der Waals surface area (Å²) in [5.41, 5.74) is 0.0146. The van der Waals surface area contributed by atoms with Crippen LogP contribution in [-0.4, -0.2) is 34.1 Å². The van der Waals surface area contributed by atoms with Crippen LogP contribution in [0, 0.1) is 12.8 Å². The number of imide groups is 1. The van der Waals surface area contributed by atoms with Crippen LogP contribution >= 0.6 is 0 Å². The molecule has 0 spiro atoms. The molecule has 0 bridgehead atoms. The maximum atomic E-state index is 12.4. The number of nitrogens with zero attached hydrogens (tertiary/aromatic N) is 3. The molecule has 1 aromatic heterocycles. The van der Waals surface area contributed by atoms with Gasteiger partial charge in [0, 0.05) is 12.1 Å². The normalized spacial score (nSPS) is 15.7. The van der Waals surface area contributed by atoms with Gasteiger partial charge in [0.05, 0.1) is 6.61 Å². The molecular formula is C20H24N4O4. The quantitative estimate of drug-likeness (QED) is 0.767. The number of carbonyl (C=O) groups excluding carboxylic acids is 2. The molecule has 2 aromatic rings. The second kappa shape index (κ2) is 7.46. The molecule has 1 fully saturated rings. The van der Waals surface area contributed by atoms with Gasteiger partial charge in [-0.05, 0) is 38.3 Å². The predicted molar refractivity (Wildman–Crippen MR) is 104 cm³/mol. The van der Waals surface area contributed by atoms with Crippen LogP contribution in [0.25, 0.3) is 0 Å². The van der Waals surface area contributed by atoms with Gasteiger partial charge in [0.25, 0.3) is 5.91 Å². The van der Waals surface area contributed by atoms with Crippen LogP contribution in [0.1, 0.15) is 33.3 Å². The van der Waals surface area contributed by atoms with Crippen LogP contribution in [0.15, 0.2) is 30.6 Å². The Labute approximate surface area is 163 Å². The molecular weight excluding hydrogens is 360 g/mol. The minimum Gasteiger partial charge on any atom is -0.493 e. The van der Waals surface area contributed by atoms with Crippen molar-refractivity contribution in [2.45, 2.75) is 40.2 Å². The van der Waals surface area contributed by atoms with Crippen molar-refractivity contribution >= 4 is 17.8 Å². The molecule has 28 heavy (non-hydrogen) atoms. The Kier molecular flexibility index (Phi) is 5.22. The number of aromatic nitrogens is 2. The van der Waals surface area contributed by atoms with Crippen molar-refractivity contribution in [2.75, 3.05) is 11.5 Å². The number of anilines is 1. The molecule has 0 aliphatic carbocycles. The van der Waals surface area contributed by atoms with Gasteiger partial charge in [-0.15, -0.1) is 0 Å². The molecule has 1 N–H and O–H groups in total. The van der Waals surface area contributed by atoms with Crippen molar-refractivity contribution in [1.29, 1.82) is 0 Å². The zero-order chi connectivity index (χ0) is 20.5. The van der Waals surface area contributed by atoms with Crippen molar-refractivity contribution in [3.63, 3.8) is 0 Å². The second-order valence-electron chi connectivity index (χ2n) is 7.64. The highest BCUT2D eigenvalue weighted by atomic mass is 16.5. The van der Waals surface area contributed by atoms with Gasteiger partial charge in [0.1, 0.15) is 23.4 Å². The van der Waals surface area contributed by atoms with Crippen molar-refractivity contribution in [3.8, 4) is 17.4 Å². The molecule has 8 heteroatoms. The number of carbonyl (C=O) groups is 2. The van der Waals surface area contributed by atoms with E-state index < -0.39 is 11.6 Å². The topological polar surface area (TPSA) is 93.7 Å². The summed E-state index contributed by atoms with van der Waals surface area (Å²) in [6, 6.07) is 6.41. The number of hydrogen-bond acceptors (Lipinski definition) is 6. The summed E-state index contributed by atoms with van der Waals surface area (Å²) in [6.07, 6.45) is 1.25. The number of hydrogen-bond donors (Lipinski definition) is 1. The van der Waals surface area contributed by atoms with E-state index in [0.29, 0.717) is 18.3 Å². The van der Waals surface area contributed by atoms with E-state index in [1.54, 1.807) is 26.0 Å². The molecule has 1 aliphatic heterocycles. The highest BCUT2D eigenvalue weighted by Crippen LogP contribution is 2.30. The minimum atomic E-state index is -0.983. The summed E-state index contributed by atoms with van der Waals surface area (Å²) >= 11 is 0. The van der Waals surface area contributed by atoms with Gasteiger partial charge < -0.3 is 14.8 Å². The van der Waals surface area contributed by atoms with Crippen molar-refractivity contribution in [2.24, 2.45) is 5.92 Å². The van der Waals surface area contributed by atoms with Gasteiger partial charge in [-0.2, -0.15) is 0 Å². The first-order valence-electron chi connectivity index (χ1n) is 9.07. The first-order chi connectivity index (χ1) is 13.2. The summed E-state index contributed by atoms with van der Waals surface area (Å²) in [4.78, 5) is 33.7. The van der Waals surface area contributed by atoms with E-state index >= 15 is 0 Å². The summed E-state index contributed by atoms with van der Waals surface area (Å²) in [5.74, 6) is 1.65. The van der Waals surface area contributed by atoms with Crippen LogP contribution in [0.5, 0.6) is 17.4 Å². The van der Waals surface area contributed by atoms with E-state index in [1.165, 1.54) is 12.4 Å². The molecule has 2 heterocycles. The van der Waals surface area contributed by atoms with E-state index in [2.05, 4.69) is 29.1 Å².